The van der Waals surface area contributed by atoms with Crippen molar-refractivity contribution in [3.63, 3.8) is 0 Å². The van der Waals surface area contributed by atoms with E-state index >= 15 is 0 Å². The van der Waals surface area contributed by atoms with E-state index in [0.717, 1.165) is 36.7 Å². The molecule has 0 spiro atoms. The number of aliphatic imine (C=N–C) groups is 2. The quantitative estimate of drug-likeness (QED) is 0.735. The van der Waals surface area contributed by atoms with Gasteiger partial charge in [0.1, 0.15) is 17.4 Å². The van der Waals surface area contributed by atoms with Gasteiger partial charge in [0, 0.05) is 23.6 Å². The van der Waals surface area contributed by atoms with Crippen molar-refractivity contribution in [1.29, 1.82) is 0 Å². The maximum Gasteiger partial charge on any atom is 0.384 e. The zero-order chi connectivity index (χ0) is 18.3. The van der Waals surface area contributed by atoms with E-state index in [2.05, 4.69) is 15.1 Å². The van der Waals surface area contributed by atoms with E-state index in [1.807, 2.05) is 16.8 Å². The zero-order valence-corrected chi connectivity index (χ0v) is 15.4. The molecule has 0 aliphatic carbocycles. The molecule has 3 aliphatic heterocycles. The van der Waals surface area contributed by atoms with E-state index in [4.69, 9.17) is 16.3 Å². The standard InChI is InChI=1S/C16H15ClF2N5OS/c1-25-10-6-12(18)14(13(19)7-10)11-8-24(23-2-4-26-5-3-23)16(20-9-21-24)22-15(11)17/h6-9H,2-5H2,1H3/q+1. The molecule has 0 N–H and O–H groups in total. The molecule has 1 unspecified atom stereocenters. The first kappa shape index (κ1) is 17.6. The van der Waals surface area contributed by atoms with Gasteiger partial charge in [-0.05, 0) is 9.80 Å². The highest BCUT2D eigenvalue weighted by molar-refractivity contribution is 7.99. The molecule has 1 saturated heterocycles. The van der Waals surface area contributed by atoms with Gasteiger partial charge in [-0.25, -0.2) is 8.78 Å². The lowest BCUT2D eigenvalue weighted by atomic mass is 10.0. The van der Waals surface area contributed by atoms with Gasteiger partial charge in [0.2, 0.25) is 0 Å². The number of hydrogen-bond acceptors (Lipinski definition) is 6. The summed E-state index contributed by atoms with van der Waals surface area (Å²) >= 11 is 8.09. The van der Waals surface area contributed by atoms with E-state index in [9.17, 15) is 8.78 Å². The molecular weight excluding hydrogens is 384 g/mol. The highest BCUT2D eigenvalue weighted by Gasteiger charge is 2.48. The number of hydrogen-bond donors (Lipinski definition) is 0. The summed E-state index contributed by atoms with van der Waals surface area (Å²) in [6.45, 7) is 1.48. The Balaban J connectivity index is 1.85. The number of benzene rings is 1. The molecule has 4 rings (SSSR count). The largest absolute Gasteiger partial charge is 0.497 e. The number of ether oxygens (including phenoxy) is 1. The van der Waals surface area contributed by atoms with E-state index in [1.165, 1.54) is 13.4 Å². The van der Waals surface area contributed by atoms with E-state index in [1.54, 1.807) is 6.20 Å². The summed E-state index contributed by atoms with van der Waals surface area (Å²) in [5.74, 6) is 0.741. The van der Waals surface area contributed by atoms with Gasteiger partial charge in [-0.1, -0.05) is 11.6 Å². The summed E-state index contributed by atoms with van der Waals surface area (Å²) < 4.78 is 34.0. The molecular formula is C16H15ClF2N5OS+. The van der Waals surface area contributed by atoms with Crippen molar-refractivity contribution >= 4 is 46.4 Å². The van der Waals surface area contributed by atoms with Crippen molar-refractivity contribution in [2.75, 3.05) is 31.7 Å². The first-order valence-electron chi connectivity index (χ1n) is 7.90. The van der Waals surface area contributed by atoms with E-state index < -0.39 is 11.6 Å². The highest BCUT2D eigenvalue weighted by Crippen LogP contribution is 2.36. The Morgan fingerprint density at radius 2 is 1.92 bits per heavy atom. The average molecular weight is 399 g/mol. The number of guanidine groups is 1. The van der Waals surface area contributed by atoms with Crippen LogP contribution in [-0.4, -0.2) is 58.9 Å². The molecule has 3 heterocycles. The Morgan fingerprint density at radius 1 is 1.23 bits per heavy atom. The second-order valence-electron chi connectivity index (χ2n) is 5.79. The third kappa shape index (κ3) is 2.75. The first-order valence-corrected chi connectivity index (χ1v) is 9.43. The van der Waals surface area contributed by atoms with E-state index in [-0.39, 0.29) is 26.8 Å². The van der Waals surface area contributed by atoms with Gasteiger partial charge in [0.05, 0.1) is 31.3 Å². The third-order valence-electron chi connectivity index (χ3n) is 4.36. The van der Waals surface area contributed by atoms with Crippen LogP contribution < -0.4 is 4.74 Å². The predicted molar refractivity (Wildman–Crippen MR) is 99.3 cm³/mol. The van der Waals surface area contributed by atoms with Crippen molar-refractivity contribution < 1.29 is 18.2 Å². The van der Waals surface area contributed by atoms with Crippen LogP contribution in [0.3, 0.4) is 0 Å². The molecule has 1 aromatic carbocycles. The van der Waals surface area contributed by atoms with Crippen LogP contribution >= 0.6 is 23.4 Å². The molecule has 1 fully saturated rings. The van der Waals surface area contributed by atoms with Crippen molar-refractivity contribution in [3.8, 4) is 5.75 Å². The van der Waals surface area contributed by atoms with Crippen LogP contribution in [0.1, 0.15) is 5.56 Å². The Morgan fingerprint density at radius 3 is 2.58 bits per heavy atom. The molecule has 0 amide bonds. The SMILES string of the molecule is COc1cc(F)c(C2=C[N+]3(N4CCSCC4)N=CN=C3N=C2Cl)c(F)c1. The molecule has 0 radical (unpaired) electrons. The molecule has 3 aliphatic rings. The predicted octanol–water partition coefficient (Wildman–Crippen LogP) is 3.06. The number of allylic oxidation sites excluding steroid dienone is 1. The lowest BCUT2D eigenvalue weighted by molar-refractivity contribution is -0.919. The fourth-order valence-electron chi connectivity index (χ4n) is 3.10. The Hall–Kier alpha value is -1.81. The average Bonchev–Trinajstić information content (AvgIpc) is 3.05. The van der Waals surface area contributed by atoms with Crippen LogP contribution in [0.4, 0.5) is 8.78 Å². The molecule has 6 nitrogen and oxygen atoms in total. The van der Waals surface area contributed by atoms with Crippen molar-refractivity contribution in [2.24, 2.45) is 15.1 Å². The van der Waals surface area contributed by atoms with Crippen molar-refractivity contribution in [1.82, 2.24) is 5.01 Å². The van der Waals surface area contributed by atoms with E-state index in [0.29, 0.717) is 5.96 Å². The number of methoxy groups -OCH3 is 1. The van der Waals surface area contributed by atoms with Gasteiger partial charge in [0.15, 0.2) is 17.7 Å². The van der Waals surface area contributed by atoms with Gasteiger partial charge in [-0.15, -0.1) is 5.01 Å². The van der Waals surface area contributed by atoms with Crippen LogP contribution in [0, 0.1) is 11.6 Å². The van der Waals surface area contributed by atoms with Gasteiger partial charge in [0.25, 0.3) is 0 Å². The Bertz CT molecular complexity index is 858. The van der Waals surface area contributed by atoms with Gasteiger partial charge >= 0.3 is 5.96 Å². The molecule has 0 aromatic heterocycles. The number of rotatable bonds is 3. The molecule has 10 heteroatoms. The summed E-state index contributed by atoms with van der Waals surface area (Å²) in [5, 5.41) is 6.45. The second kappa shape index (κ2) is 6.73. The Kier molecular flexibility index (Phi) is 4.55. The lowest BCUT2D eigenvalue weighted by Gasteiger charge is -2.37. The highest BCUT2D eigenvalue weighted by atomic mass is 35.5. The number of halogens is 3. The normalized spacial score (nSPS) is 25.5. The number of fused-ring (bicyclic) bond motifs is 1. The van der Waals surface area contributed by atoms with Gasteiger partial charge in [-0.3, -0.25) is 0 Å². The first-order chi connectivity index (χ1) is 12.5. The summed E-state index contributed by atoms with van der Waals surface area (Å²) in [6.07, 6.45) is 2.99. The summed E-state index contributed by atoms with van der Waals surface area (Å²) in [6, 6.07) is 2.23. The van der Waals surface area contributed by atoms with Crippen LogP contribution in [0.25, 0.3) is 5.57 Å². The van der Waals surface area contributed by atoms with Crippen LogP contribution in [0.5, 0.6) is 5.75 Å². The van der Waals surface area contributed by atoms with Crippen molar-refractivity contribution in [3.05, 3.63) is 35.5 Å². The maximum absolute atomic E-state index is 14.6. The van der Waals surface area contributed by atoms with Gasteiger partial charge < -0.3 is 4.74 Å². The number of thioether (sulfide) groups is 1. The van der Waals surface area contributed by atoms with Crippen LogP contribution in [0.15, 0.2) is 33.4 Å². The minimum atomic E-state index is -0.780. The minimum absolute atomic E-state index is 0.0302. The smallest absolute Gasteiger partial charge is 0.384 e. The second-order valence-corrected chi connectivity index (χ2v) is 7.37. The van der Waals surface area contributed by atoms with Crippen molar-refractivity contribution in [2.45, 2.75) is 0 Å². The molecule has 1 atom stereocenters. The fourth-order valence-corrected chi connectivity index (χ4v) is 4.20. The molecule has 0 bridgehead atoms. The van der Waals surface area contributed by atoms with Crippen LogP contribution in [-0.2, 0) is 0 Å². The Labute approximate surface area is 158 Å². The maximum atomic E-state index is 14.6. The topological polar surface area (TPSA) is 49.5 Å². The van der Waals surface area contributed by atoms with Gasteiger partial charge in [-0.2, -0.15) is 21.7 Å². The summed E-state index contributed by atoms with van der Waals surface area (Å²) in [7, 11) is 1.35. The zero-order valence-electron chi connectivity index (χ0n) is 13.8. The summed E-state index contributed by atoms with van der Waals surface area (Å²) in [5.41, 5.74) is -0.120. The molecule has 26 heavy (non-hydrogen) atoms. The monoisotopic (exact) mass is 398 g/mol. The number of nitrogens with zero attached hydrogens (tertiary/aromatic N) is 5. The number of quaternary nitrogens is 1. The molecule has 1 aromatic rings. The lowest BCUT2D eigenvalue weighted by Crippen LogP contribution is -2.58. The van der Waals surface area contributed by atoms with Crippen LogP contribution in [0.2, 0.25) is 0 Å². The summed E-state index contributed by atoms with van der Waals surface area (Å²) in [4.78, 5) is 8.45. The minimum Gasteiger partial charge on any atom is -0.497 e. The molecule has 0 saturated carbocycles. The fraction of sp³-hybridized carbons (Fsp3) is 0.312. The molecule has 136 valence electrons. The third-order valence-corrected chi connectivity index (χ3v) is 5.59.